The van der Waals surface area contributed by atoms with Crippen LogP contribution in [0.4, 0.5) is 5.69 Å². The molecule has 3 heterocycles. The second-order valence-corrected chi connectivity index (χ2v) is 25.7. The molecule has 2 aliphatic heterocycles. The molecule has 2 aromatic carbocycles. The fourth-order valence-corrected chi connectivity index (χ4v) is 11.5. The van der Waals surface area contributed by atoms with E-state index in [-0.39, 0.29) is 84.4 Å². The Morgan fingerprint density at radius 2 is 1.05 bits per heavy atom. The van der Waals surface area contributed by atoms with E-state index in [1.54, 1.807) is 25.2 Å². The number of aliphatic hydroxyl groups is 10. The van der Waals surface area contributed by atoms with Gasteiger partial charge in [0.05, 0.1) is 75.6 Å². The molecule has 1 saturated heterocycles. The fraction of sp³-hybridized carbons (Fsp3) is 0.631. The molecule has 39 nitrogen and oxygen atoms in total. The van der Waals surface area contributed by atoms with Crippen molar-refractivity contribution in [2.24, 2.45) is 0 Å². The molecule has 0 bridgehead atoms. The lowest BCUT2D eigenvalue weighted by atomic mass is 10.0. The largest absolute Gasteiger partial charge is 0.481 e. The number of benzene rings is 2. The summed E-state index contributed by atoms with van der Waals surface area (Å²) in [6, 6.07) is 7.73. The number of aromatic nitrogens is 2. The number of aliphatic hydroxyl groups excluding tert-OH is 10. The summed E-state index contributed by atoms with van der Waals surface area (Å²) < 4.78 is 0. The van der Waals surface area contributed by atoms with Crippen molar-refractivity contribution in [3.8, 4) is 0 Å². The van der Waals surface area contributed by atoms with Crippen LogP contribution in [0.2, 0.25) is 0 Å². The first-order valence-corrected chi connectivity index (χ1v) is 34.1. The van der Waals surface area contributed by atoms with Crippen molar-refractivity contribution in [1.82, 2.24) is 66.0 Å². The minimum atomic E-state index is -2.08. The van der Waals surface area contributed by atoms with E-state index < -0.39 is 211 Å². The van der Waals surface area contributed by atoms with Gasteiger partial charge in [0.2, 0.25) is 35.4 Å². The van der Waals surface area contributed by atoms with Gasteiger partial charge in [0.15, 0.2) is 0 Å². The molecule has 7 amide bonds. The van der Waals surface area contributed by atoms with Gasteiger partial charge in [-0.3, -0.25) is 72.3 Å². The van der Waals surface area contributed by atoms with Crippen molar-refractivity contribution in [3.63, 3.8) is 0 Å². The van der Waals surface area contributed by atoms with E-state index in [4.69, 9.17) is 0 Å². The zero-order chi connectivity index (χ0) is 76.7. The number of imidazole rings is 1. The van der Waals surface area contributed by atoms with Crippen LogP contribution < -0.4 is 31.9 Å². The summed E-state index contributed by atoms with van der Waals surface area (Å²) in [4.78, 5) is 162. The normalized spacial score (nSPS) is 18.2. The number of H-pyrrole nitrogens is 1. The van der Waals surface area contributed by atoms with E-state index in [2.05, 4.69) is 41.9 Å². The Kier molecular flexibility index (Phi) is 36.0. The third-order valence-electron chi connectivity index (χ3n) is 17.5. The van der Waals surface area contributed by atoms with Crippen LogP contribution in [0.15, 0.2) is 42.5 Å². The van der Waals surface area contributed by atoms with Crippen molar-refractivity contribution in [2.45, 2.75) is 138 Å². The van der Waals surface area contributed by atoms with Gasteiger partial charge in [0.25, 0.3) is 5.91 Å². The summed E-state index contributed by atoms with van der Waals surface area (Å²) in [5, 5.41) is 154. The van der Waals surface area contributed by atoms with Gasteiger partial charge in [-0.1, -0.05) is 25.0 Å². The Bertz CT molecular complexity index is 3270. The number of rotatable bonds is 42. The van der Waals surface area contributed by atoms with Crippen molar-refractivity contribution in [2.75, 3.05) is 130 Å². The smallest absolute Gasteiger partial charge is 0.317 e. The maximum Gasteiger partial charge on any atom is 0.317 e. The van der Waals surface area contributed by atoms with Gasteiger partial charge >= 0.3 is 23.9 Å². The van der Waals surface area contributed by atoms with Crippen LogP contribution in [-0.2, 0) is 61.0 Å². The standard InChI is InChI=1S/C65H100N14O25/c1-74(31-50-70-41-8-4-5-9-42(41)71-50)64(103)38-10-11-40-39(26-38)30-79(65(104)45(69-40)27-54(89)90)17-7-3-2-6-16-66-62(101)43(12-14-51(86)67-28-46(82)58(97)60(99)48(84)36-80)73-63(102)44(13-15-52(87)68-29-47(83)59(98)61(100)49(85)37-81)72-53(88)32-75-18-20-76(33-55(91)92)22-24-78(35-57(95)96)25-23-77(21-19-75)34-56(93)94/h4-5,8-11,26,43-49,58-61,69,80-85,97-100H,2-3,6-7,12-25,27-37H2,1H3,(H,66,101)(H,67,86)(H,68,87)(H,70,71)(H,72,88)(H,73,102)(H,89,90)(H,91,92)(H,93,94)(H,95,96)/t43-,44-,45?,46+,47-,48-,49+,58-,59+,60+,61-/m0/s1. The van der Waals surface area contributed by atoms with Gasteiger partial charge in [-0.25, -0.2) is 4.98 Å². The molecule has 2 aliphatic rings. The van der Waals surface area contributed by atoms with Crippen molar-refractivity contribution < 1.29 is 124 Å². The Morgan fingerprint density at radius 3 is 1.54 bits per heavy atom. The predicted molar refractivity (Wildman–Crippen MR) is 364 cm³/mol. The molecule has 0 radical (unpaired) electrons. The Balaban J connectivity index is 1.32. The van der Waals surface area contributed by atoms with Crippen LogP contribution in [0.1, 0.15) is 79.5 Å². The Morgan fingerprint density at radius 1 is 0.567 bits per heavy atom. The van der Waals surface area contributed by atoms with Gasteiger partial charge < -0.3 is 118 Å². The monoisotopic (exact) mass is 1480 g/mol. The maximum atomic E-state index is 14.6. The first-order valence-electron chi connectivity index (χ1n) is 34.1. The first-order chi connectivity index (χ1) is 49.3. The predicted octanol–water partition coefficient (Wildman–Crippen LogP) is -7.78. The summed E-state index contributed by atoms with van der Waals surface area (Å²) in [6.45, 7) is -5.02. The number of unbranched alkanes of at least 4 members (excludes halogenated alkanes) is 3. The molecule has 580 valence electrons. The summed E-state index contributed by atoms with van der Waals surface area (Å²) in [5.41, 5.74) is 2.86. The zero-order valence-corrected chi connectivity index (χ0v) is 57.8. The van der Waals surface area contributed by atoms with Crippen LogP contribution in [0, 0.1) is 0 Å². The number of carboxylic acids is 4. The van der Waals surface area contributed by atoms with Crippen LogP contribution in [0.3, 0.4) is 0 Å². The van der Waals surface area contributed by atoms with Crippen LogP contribution in [0.25, 0.3) is 11.0 Å². The second-order valence-electron chi connectivity index (χ2n) is 25.7. The van der Waals surface area contributed by atoms with Crippen LogP contribution in [-0.4, -0.2) is 368 Å². The number of nitrogens with one attached hydrogen (secondary N) is 7. The van der Waals surface area contributed by atoms with Crippen LogP contribution in [0.5, 0.6) is 0 Å². The number of nitrogens with zero attached hydrogens (tertiary/aromatic N) is 7. The minimum absolute atomic E-state index is 0.0137. The van der Waals surface area contributed by atoms with Gasteiger partial charge in [0, 0.05) is 116 Å². The summed E-state index contributed by atoms with van der Waals surface area (Å²) in [5.74, 6) is -9.80. The molecule has 11 atom stereocenters. The molecule has 0 aliphatic carbocycles. The molecular weight excluding hydrogens is 1380 g/mol. The van der Waals surface area contributed by atoms with E-state index in [9.17, 15) is 124 Å². The lowest BCUT2D eigenvalue weighted by molar-refractivity contribution is -0.141. The molecule has 5 rings (SSSR count). The molecule has 0 saturated carbocycles. The van der Waals surface area contributed by atoms with Gasteiger partial charge in [-0.05, 0) is 61.6 Å². The molecule has 21 N–H and O–H groups in total. The highest BCUT2D eigenvalue weighted by atomic mass is 16.4. The molecule has 1 aromatic heterocycles. The topological polar surface area (TPSA) is 591 Å². The summed E-state index contributed by atoms with van der Waals surface area (Å²) in [7, 11) is 1.62. The van der Waals surface area contributed by atoms with Crippen molar-refractivity contribution >= 4 is 81.9 Å². The maximum absolute atomic E-state index is 14.6. The van der Waals surface area contributed by atoms with E-state index in [1.165, 1.54) is 29.4 Å². The number of hydrogen-bond donors (Lipinski definition) is 21. The highest BCUT2D eigenvalue weighted by Crippen LogP contribution is 2.27. The molecule has 39 heteroatoms. The summed E-state index contributed by atoms with van der Waals surface area (Å²) in [6.07, 6.45) is -17.1. The average Bonchev–Trinajstić information content (AvgIpc) is 1.62. The number of fused-ring (bicyclic) bond motifs is 2. The zero-order valence-electron chi connectivity index (χ0n) is 57.8. The number of hydrogen-bond acceptors (Lipinski definition) is 27. The number of aliphatic carboxylic acids is 4. The van der Waals surface area contributed by atoms with Crippen molar-refractivity contribution in [3.05, 3.63) is 59.4 Å². The van der Waals surface area contributed by atoms with Crippen LogP contribution >= 0.6 is 0 Å². The van der Waals surface area contributed by atoms with E-state index in [0.29, 0.717) is 48.3 Å². The van der Waals surface area contributed by atoms with Crippen molar-refractivity contribution in [1.29, 1.82) is 0 Å². The second kappa shape index (κ2) is 43.6. The number of carboxylic acid groups (broad SMARTS) is 4. The lowest BCUT2D eigenvalue weighted by Crippen LogP contribution is -2.56. The number of carbonyl (C=O) groups is 11. The molecule has 104 heavy (non-hydrogen) atoms. The Hall–Kier alpha value is -8.68. The minimum Gasteiger partial charge on any atom is -0.481 e. The molecular formula is C65H100N14O25. The number of para-hydroxylation sites is 2. The third kappa shape index (κ3) is 29.1. The SMILES string of the molecule is CN(Cc1nc2ccccc2[nH]1)C(=O)c1ccc2c(c1)CN(CCCCCCNC(=O)[C@H](CCC(=O)NC[C@@H](O)[C@H](O)[C@H](O)[C@@H](O)CO)NC(=O)[C@H](CCC(=O)NC[C@H](O)[C@@H](O)[C@@H](O)[C@H](O)CO)NC(=O)CN1CCN(CC(=O)O)CCN(CC(=O)O)CCN(CC(=O)O)CC1)C(=O)C(CC(=O)O)N2. The van der Waals surface area contributed by atoms with E-state index in [1.807, 2.05) is 24.3 Å². The average molecular weight is 1480 g/mol. The Labute approximate surface area is 597 Å². The highest BCUT2D eigenvalue weighted by molar-refractivity contribution is 5.96. The number of amides is 7. The molecule has 1 fully saturated rings. The third-order valence-corrected chi connectivity index (χ3v) is 17.5. The van der Waals surface area contributed by atoms with Gasteiger partial charge in [-0.15, -0.1) is 0 Å². The molecule has 0 spiro atoms. The lowest BCUT2D eigenvalue weighted by Gasteiger charge is -2.33. The quantitative estimate of drug-likeness (QED) is 0.0234. The first kappa shape index (κ1) is 86.0. The van der Waals surface area contributed by atoms with Gasteiger partial charge in [-0.2, -0.15) is 0 Å². The van der Waals surface area contributed by atoms with Gasteiger partial charge in [0.1, 0.15) is 60.6 Å². The molecule has 1 unspecified atom stereocenters. The molecule has 3 aromatic rings. The number of carbonyl (C=O) groups excluding carboxylic acids is 7. The van der Waals surface area contributed by atoms with E-state index in [0.717, 1.165) is 11.0 Å². The number of anilines is 1. The fourth-order valence-electron chi connectivity index (χ4n) is 11.5. The summed E-state index contributed by atoms with van der Waals surface area (Å²) >= 11 is 0. The highest BCUT2D eigenvalue weighted by Gasteiger charge is 2.35. The van der Waals surface area contributed by atoms with E-state index >= 15 is 0 Å². The number of aromatic amines is 1.